The van der Waals surface area contributed by atoms with Crippen molar-refractivity contribution in [3.63, 3.8) is 0 Å². The normalized spacial score (nSPS) is 10.4. The highest BCUT2D eigenvalue weighted by Crippen LogP contribution is 2.31. The number of amides is 1. The van der Waals surface area contributed by atoms with Crippen LogP contribution in [-0.2, 0) is 11.2 Å². The first-order valence-electron chi connectivity index (χ1n) is 9.44. The number of fused-ring (bicyclic) bond motifs is 1. The molecule has 29 heavy (non-hydrogen) atoms. The predicted octanol–water partition coefficient (Wildman–Crippen LogP) is 4.82. The summed E-state index contributed by atoms with van der Waals surface area (Å²) in [5.41, 5.74) is 6.74. The number of H-pyrrole nitrogens is 1. The maximum absolute atomic E-state index is 11.7. The summed E-state index contributed by atoms with van der Waals surface area (Å²) in [6.45, 7) is 3.73. The Morgan fingerprint density at radius 2 is 2.00 bits per heavy atom. The topological polar surface area (TPSA) is 70.7 Å². The third kappa shape index (κ3) is 3.87. The predicted molar refractivity (Wildman–Crippen MR) is 116 cm³/mol. The molecule has 0 saturated heterocycles. The minimum absolute atomic E-state index is 0.324. The second kappa shape index (κ2) is 7.99. The van der Waals surface area contributed by atoms with Gasteiger partial charge in [-0.2, -0.15) is 0 Å². The summed E-state index contributed by atoms with van der Waals surface area (Å²) in [5.74, 6) is 4.76. The summed E-state index contributed by atoms with van der Waals surface area (Å²) in [6, 6.07) is 13.9. The molecule has 3 heterocycles. The number of carbonyl (C=O) groups is 1. The molecular weight excluding hydrogens is 360 g/mol. The van der Waals surface area contributed by atoms with Gasteiger partial charge < -0.3 is 10.3 Å². The lowest BCUT2D eigenvalue weighted by atomic mass is 10.0. The van der Waals surface area contributed by atoms with E-state index in [0.717, 1.165) is 45.4 Å². The number of nitrogens with zero attached hydrogens (tertiary/aromatic N) is 2. The molecule has 0 bridgehead atoms. The fourth-order valence-electron chi connectivity index (χ4n) is 3.29. The molecule has 0 spiro atoms. The molecule has 0 aliphatic carbocycles. The van der Waals surface area contributed by atoms with Gasteiger partial charge in [0.1, 0.15) is 5.65 Å². The molecule has 0 aliphatic rings. The number of aromatic nitrogens is 3. The van der Waals surface area contributed by atoms with Crippen molar-refractivity contribution in [2.24, 2.45) is 0 Å². The molecule has 0 atom stereocenters. The van der Waals surface area contributed by atoms with Crippen molar-refractivity contribution in [2.45, 2.75) is 20.3 Å². The number of hydrogen-bond donors (Lipinski definition) is 2. The summed E-state index contributed by atoms with van der Waals surface area (Å²) < 4.78 is 0. The molecule has 4 aromatic rings. The Morgan fingerprint density at radius 3 is 2.83 bits per heavy atom. The summed E-state index contributed by atoms with van der Waals surface area (Å²) in [6.07, 6.45) is 6.55. The lowest BCUT2D eigenvalue weighted by molar-refractivity contribution is -0.111. The zero-order valence-corrected chi connectivity index (χ0v) is 16.3. The Balaban J connectivity index is 1.74. The van der Waals surface area contributed by atoms with Gasteiger partial charge in [-0.25, -0.2) is 4.98 Å². The van der Waals surface area contributed by atoms with Crippen LogP contribution in [0.4, 0.5) is 5.69 Å². The van der Waals surface area contributed by atoms with Crippen molar-refractivity contribution >= 4 is 22.6 Å². The van der Waals surface area contributed by atoms with Crippen molar-refractivity contribution in [2.75, 3.05) is 5.32 Å². The van der Waals surface area contributed by atoms with Crippen LogP contribution in [0.2, 0.25) is 0 Å². The maximum Gasteiger partial charge on any atom is 0.300 e. The van der Waals surface area contributed by atoms with Gasteiger partial charge in [-0.15, -0.1) is 0 Å². The quantitative estimate of drug-likeness (QED) is 0.499. The van der Waals surface area contributed by atoms with Crippen molar-refractivity contribution in [3.05, 3.63) is 66.7 Å². The van der Waals surface area contributed by atoms with Crippen molar-refractivity contribution in [1.29, 1.82) is 0 Å². The van der Waals surface area contributed by atoms with Gasteiger partial charge in [0.15, 0.2) is 0 Å². The number of pyridine rings is 2. The average Bonchev–Trinajstić information content (AvgIpc) is 3.17. The smallest absolute Gasteiger partial charge is 0.300 e. The van der Waals surface area contributed by atoms with Gasteiger partial charge in [0, 0.05) is 46.5 Å². The van der Waals surface area contributed by atoms with E-state index in [-0.39, 0.29) is 5.91 Å². The number of aryl methyl sites for hydroxylation is 1. The molecule has 2 N–H and O–H groups in total. The van der Waals surface area contributed by atoms with Crippen molar-refractivity contribution in [3.8, 4) is 34.1 Å². The second-order valence-electron chi connectivity index (χ2n) is 6.62. The lowest BCUT2D eigenvalue weighted by Gasteiger charge is -2.07. The van der Waals surface area contributed by atoms with E-state index in [1.165, 1.54) is 0 Å². The largest absolute Gasteiger partial charge is 0.346 e. The Labute approximate surface area is 169 Å². The molecular formula is C24H20N4O. The van der Waals surface area contributed by atoms with E-state index in [0.29, 0.717) is 5.69 Å². The summed E-state index contributed by atoms with van der Waals surface area (Å²) in [4.78, 5) is 24.0. The maximum atomic E-state index is 11.7. The molecule has 5 heteroatoms. The SMILES string of the molecule is CC#CC(=O)Nc1cccc(-c2cnc3[nH]cc(-c4ccnc(CC)c4)c3c2)c1. The van der Waals surface area contributed by atoms with Crippen LogP contribution in [0.3, 0.4) is 0 Å². The number of hydrogen-bond acceptors (Lipinski definition) is 3. The monoisotopic (exact) mass is 380 g/mol. The van der Waals surface area contributed by atoms with E-state index < -0.39 is 0 Å². The first-order chi connectivity index (χ1) is 14.2. The summed E-state index contributed by atoms with van der Waals surface area (Å²) in [7, 11) is 0. The number of rotatable bonds is 4. The van der Waals surface area contributed by atoms with E-state index in [4.69, 9.17) is 0 Å². The van der Waals surface area contributed by atoms with Crippen molar-refractivity contribution < 1.29 is 4.79 Å². The van der Waals surface area contributed by atoms with Gasteiger partial charge in [-0.3, -0.25) is 9.78 Å². The number of carbonyl (C=O) groups excluding carboxylic acids is 1. The second-order valence-corrected chi connectivity index (χ2v) is 6.62. The van der Waals surface area contributed by atoms with Crippen LogP contribution in [0, 0.1) is 11.8 Å². The van der Waals surface area contributed by atoms with Crippen LogP contribution in [-0.4, -0.2) is 20.9 Å². The molecule has 5 nitrogen and oxygen atoms in total. The Hall–Kier alpha value is -3.91. The standard InChI is InChI=1S/C24H20N4O/c1-3-6-23(29)28-20-8-5-7-16(11-20)18-13-21-22(15-27-24(21)26-14-18)17-9-10-25-19(4-2)12-17/h5,7-15H,4H2,1-2H3,(H,26,27)(H,28,29). The van der Waals surface area contributed by atoms with Gasteiger partial charge in [-0.1, -0.05) is 25.0 Å². The average molecular weight is 380 g/mol. The molecule has 4 rings (SSSR count). The summed E-state index contributed by atoms with van der Waals surface area (Å²) in [5, 5.41) is 3.83. The van der Waals surface area contributed by atoms with Crippen LogP contribution < -0.4 is 5.32 Å². The van der Waals surface area contributed by atoms with Gasteiger partial charge in [-0.05, 0) is 60.7 Å². The number of anilines is 1. The molecule has 1 aromatic carbocycles. The van der Waals surface area contributed by atoms with Gasteiger partial charge in [0.05, 0.1) is 0 Å². The van der Waals surface area contributed by atoms with Gasteiger partial charge in [0.2, 0.25) is 0 Å². The summed E-state index contributed by atoms with van der Waals surface area (Å²) >= 11 is 0. The zero-order chi connectivity index (χ0) is 20.2. The highest BCUT2D eigenvalue weighted by Gasteiger charge is 2.10. The van der Waals surface area contributed by atoms with Crippen molar-refractivity contribution in [1.82, 2.24) is 15.0 Å². The van der Waals surface area contributed by atoms with Crippen LogP contribution in [0.5, 0.6) is 0 Å². The third-order valence-corrected chi connectivity index (χ3v) is 4.71. The Bertz CT molecular complexity index is 1260. The van der Waals surface area contributed by atoms with Crippen LogP contribution in [0.15, 0.2) is 61.1 Å². The van der Waals surface area contributed by atoms with E-state index in [1.807, 2.05) is 48.9 Å². The van der Waals surface area contributed by atoms with Crippen LogP contribution >= 0.6 is 0 Å². The first-order valence-corrected chi connectivity index (χ1v) is 9.44. The van der Waals surface area contributed by atoms with Crippen LogP contribution in [0.25, 0.3) is 33.3 Å². The fourth-order valence-corrected chi connectivity index (χ4v) is 3.29. The molecule has 0 aliphatic heterocycles. The van der Waals surface area contributed by atoms with E-state index >= 15 is 0 Å². The lowest BCUT2D eigenvalue weighted by Crippen LogP contribution is -2.08. The number of benzene rings is 1. The minimum atomic E-state index is -0.324. The van der Waals surface area contributed by atoms with E-state index in [1.54, 1.807) is 6.92 Å². The Kier molecular flexibility index (Phi) is 5.08. The zero-order valence-electron chi connectivity index (χ0n) is 16.3. The van der Waals surface area contributed by atoms with Crippen LogP contribution in [0.1, 0.15) is 19.5 Å². The van der Waals surface area contributed by atoms with Gasteiger partial charge >= 0.3 is 0 Å². The molecule has 3 aromatic heterocycles. The first kappa shape index (κ1) is 18.5. The molecule has 142 valence electrons. The third-order valence-electron chi connectivity index (χ3n) is 4.71. The highest BCUT2D eigenvalue weighted by molar-refractivity contribution is 6.04. The Morgan fingerprint density at radius 1 is 1.10 bits per heavy atom. The number of nitrogens with one attached hydrogen (secondary N) is 2. The van der Waals surface area contributed by atoms with E-state index in [9.17, 15) is 4.79 Å². The highest BCUT2D eigenvalue weighted by atomic mass is 16.1. The molecule has 0 unspecified atom stereocenters. The molecule has 1 amide bonds. The fraction of sp³-hybridized carbons (Fsp3) is 0.125. The van der Waals surface area contributed by atoms with Gasteiger partial charge in [0.25, 0.3) is 5.91 Å². The molecule has 0 saturated carbocycles. The molecule has 0 radical (unpaired) electrons. The number of aromatic amines is 1. The molecule has 0 fully saturated rings. The van der Waals surface area contributed by atoms with E-state index in [2.05, 4.69) is 51.2 Å². The minimum Gasteiger partial charge on any atom is -0.346 e.